The first-order valence-corrected chi connectivity index (χ1v) is 10.2. The lowest BCUT2D eigenvalue weighted by Crippen LogP contribution is -2.62. The molecule has 1 N–H and O–H groups in total. The number of urea groups is 1. The SMILES string of the molecule is O=C(NCC1(N2CCOCC2)CCOCC1)N1CCOCC2(CCC2)C1. The normalized spacial score (nSPS) is 29.0. The van der Waals surface area contributed by atoms with E-state index in [0.717, 1.165) is 65.5 Å². The molecule has 0 bridgehead atoms. The zero-order valence-electron chi connectivity index (χ0n) is 15.8. The van der Waals surface area contributed by atoms with Crippen LogP contribution in [0.2, 0.25) is 0 Å². The average molecular weight is 367 g/mol. The summed E-state index contributed by atoms with van der Waals surface area (Å²) in [6.07, 6.45) is 5.58. The highest BCUT2D eigenvalue weighted by atomic mass is 16.5. The van der Waals surface area contributed by atoms with Crippen molar-refractivity contribution in [3.63, 3.8) is 0 Å². The predicted molar refractivity (Wildman–Crippen MR) is 97.3 cm³/mol. The number of ether oxygens (including phenoxy) is 3. The van der Waals surface area contributed by atoms with Crippen molar-refractivity contribution in [1.29, 1.82) is 0 Å². The Kier molecular flexibility index (Phi) is 5.69. The zero-order chi connectivity index (χ0) is 17.9. The third-order valence-electron chi connectivity index (χ3n) is 6.82. The second-order valence-electron chi connectivity index (χ2n) is 8.42. The van der Waals surface area contributed by atoms with E-state index in [1.54, 1.807) is 0 Å². The molecule has 3 heterocycles. The molecule has 4 fully saturated rings. The Hall–Kier alpha value is -0.890. The molecule has 0 radical (unpaired) electrons. The van der Waals surface area contributed by atoms with E-state index in [4.69, 9.17) is 14.2 Å². The second-order valence-corrected chi connectivity index (χ2v) is 8.42. The van der Waals surface area contributed by atoms with Gasteiger partial charge in [0.25, 0.3) is 0 Å². The van der Waals surface area contributed by atoms with Crippen molar-refractivity contribution in [1.82, 2.24) is 15.1 Å². The first kappa shape index (κ1) is 18.5. The van der Waals surface area contributed by atoms with E-state index in [1.807, 2.05) is 4.90 Å². The minimum atomic E-state index is 0.00813. The quantitative estimate of drug-likeness (QED) is 0.809. The van der Waals surface area contributed by atoms with Crippen LogP contribution in [0.1, 0.15) is 32.1 Å². The molecule has 7 nitrogen and oxygen atoms in total. The molecule has 1 spiro atoms. The fraction of sp³-hybridized carbons (Fsp3) is 0.947. The van der Waals surface area contributed by atoms with Gasteiger partial charge in [-0.05, 0) is 25.7 Å². The van der Waals surface area contributed by atoms with E-state index < -0.39 is 0 Å². The van der Waals surface area contributed by atoms with Gasteiger partial charge in [-0.25, -0.2) is 4.79 Å². The Balaban J connectivity index is 1.37. The molecule has 2 amide bonds. The Bertz CT molecular complexity index is 485. The van der Waals surface area contributed by atoms with Gasteiger partial charge in [0.2, 0.25) is 0 Å². The van der Waals surface area contributed by atoms with Gasteiger partial charge in [-0.1, -0.05) is 6.42 Å². The number of amides is 2. The number of nitrogens with zero attached hydrogens (tertiary/aromatic N) is 2. The summed E-state index contributed by atoms with van der Waals surface area (Å²) in [6.45, 7) is 8.68. The van der Waals surface area contributed by atoms with Crippen LogP contribution < -0.4 is 5.32 Å². The maximum absolute atomic E-state index is 12.9. The fourth-order valence-electron chi connectivity index (χ4n) is 4.89. The summed E-state index contributed by atoms with van der Waals surface area (Å²) in [5.74, 6) is 0. The number of rotatable bonds is 3. The van der Waals surface area contributed by atoms with Gasteiger partial charge in [-0.15, -0.1) is 0 Å². The zero-order valence-corrected chi connectivity index (χ0v) is 15.8. The number of carbonyl (C=O) groups excluding carboxylic acids is 1. The third-order valence-corrected chi connectivity index (χ3v) is 6.82. The molecule has 0 unspecified atom stereocenters. The Morgan fingerprint density at radius 2 is 1.58 bits per heavy atom. The number of hydrogen-bond acceptors (Lipinski definition) is 5. The van der Waals surface area contributed by atoms with Crippen LogP contribution in [0.5, 0.6) is 0 Å². The number of hydrogen-bond donors (Lipinski definition) is 1. The second kappa shape index (κ2) is 8.00. The highest BCUT2D eigenvalue weighted by molar-refractivity contribution is 5.74. The van der Waals surface area contributed by atoms with Crippen molar-refractivity contribution in [2.24, 2.45) is 5.41 Å². The Labute approximate surface area is 156 Å². The van der Waals surface area contributed by atoms with Crippen LogP contribution >= 0.6 is 0 Å². The molecule has 3 aliphatic heterocycles. The van der Waals surface area contributed by atoms with Crippen LogP contribution in [0.4, 0.5) is 4.79 Å². The summed E-state index contributed by atoms with van der Waals surface area (Å²) in [4.78, 5) is 17.4. The van der Waals surface area contributed by atoms with Crippen molar-refractivity contribution in [2.75, 3.05) is 72.4 Å². The van der Waals surface area contributed by atoms with Crippen molar-refractivity contribution in [3.05, 3.63) is 0 Å². The molecule has 1 saturated carbocycles. The number of nitrogens with one attached hydrogen (secondary N) is 1. The monoisotopic (exact) mass is 367 g/mol. The van der Waals surface area contributed by atoms with E-state index in [-0.39, 0.29) is 17.0 Å². The smallest absolute Gasteiger partial charge is 0.317 e. The van der Waals surface area contributed by atoms with Gasteiger partial charge < -0.3 is 24.4 Å². The summed E-state index contributed by atoms with van der Waals surface area (Å²) >= 11 is 0. The van der Waals surface area contributed by atoms with E-state index in [2.05, 4.69) is 10.2 Å². The lowest BCUT2D eigenvalue weighted by molar-refractivity contribution is -0.0694. The van der Waals surface area contributed by atoms with E-state index in [9.17, 15) is 4.79 Å². The van der Waals surface area contributed by atoms with Crippen LogP contribution in [0.25, 0.3) is 0 Å². The van der Waals surface area contributed by atoms with Gasteiger partial charge in [-0.2, -0.15) is 0 Å². The summed E-state index contributed by atoms with van der Waals surface area (Å²) in [5.41, 5.74) is 0.225. The molecular formula is C19H33N3O4. The molecule has 0 aromatic carbocycles. The lowest BCUT2D eigenvalue weighted by Gasteiger charge is -2.48. The summed E-state index contributed by atoms with van der Waals surface area (Å²) < 4.78 is 16.9. The van der Waals surface area contributed by atoms with Crippen LogP contribution in [-0.2, 0) is 14.2 Å². The van der Waals surface area contributed by atoms with Gasteiger partial charge in [0, 0.05) is 56.9 Å². The minimum absolute atomic E-state index is 0.00813. The highest BCUT2D eigenvalue weighted by Gasteiger charge is 2.43. The molecule has 3 saturated heterocycles. The fourth-order valence-corrected chi connectivity index (χ4v) is 4.89. The molecule has 0 aromatic heterocycles. The van der Waals surface area contributed by atoms with Crippen molar-refractivity contribution in [2.45, 2.75) is 37.6 Å². The van der Waals surface area contributed by atoms with Crippen LogP contribution in [-0.4, -0.2) is 93.7 Å². The predicted octanol–water partition coefficient (Wildman–Crippen LogP) is 1.08. The van der Waals surface area contributed by atoms with Gasteiger partial charge >= 0.3 is 6.03 Å². The first-order valence-electron chi connectivity index (χ1n) is 10.2. The average Bonchev–Trinajstić information content (AvgIpc) is 2.91. The van der Waals surface area contributed by atoms with E-state index in [1.165, 1.54) is 19.3 Å². The van der Waals surface area contributed by atoms with Crippen LogP contribution in [0.15, 0.2) is 0 Å². The maximum atomic E-state index is 12.9. The van der Waals surface area contributed by atoms with Crippen LogP contribution in [0, 0.1) is 5.41 Å². The molecule has 4 rings (SSSR count). The largest absolute Gasteiger partial charge is 0.381 e. The lowest BCUT2D eigenvalue weighted by atomic mass is 9.69. The van der Waals surface area contributed by atoms with Crippen molar-refractivity contribution >= 4 is 6.03 Å². The standard InChI is InChI=1S/C19H33N3O4/c23-17(21-6-11-26-16-18(15-21)2-1-3-18)20-14-19(4-9-24-10-5-19)22-7-12-25-13-8-22/h1-16H2,(H,20,23). The molecular weight excluding hydrogens is 334 g/mol. The van der Waals surface area contributed by atoms with Gasteiger partial charge in [0.15, 0.2) is 0 Å². The first-order chi connectivity index (χ1) is 12.7. The van der Waals surface area contributed by atoms with Gasteiger partial charge in [-0.3, -0.25) is 4.90 Å². The molecule has 148 valence electrons. The summed E-state index contributed by atoms with van der Waals surface area (Å²) in [7, 11) is 0. The molecule has 7 heteroatoms. The molecule has 1 aliphatic carbocycles. The number of morpholine rings is 1. The third kappa shape index (κ3) is 3.86. The molecule has 0 aromatic rings. The molecule has 0 atom stereocenters. The summed E-state index contributed by atoms with van der Waals surface area (Å²) in [5, 5.41) is 3.27. The van der Waals surface area contributed by atoms with Crippen LogP contribution in [0.3, 0.4) is 0 Å². The van der Waals surface area contributed by atoms with Crippen molar-refractivity contribution < 1.29 is 19.0 Å². The Morgan fingerprint density at radius 1 is 0.885 bits per heavy atom. The van der Waals surface area contributed by atoms with Crippen molar-refractivity contribution in [3.8, 4) is 0 Å². The Morgan fingerprint density at radius 3 is 2.27 bits per heavy atom. The van der Waals surface area contributed by atoms with Gasteiger partial charge in [0.1, 0.15) is 0 Å². The van der Waals surface area contributed by atoms with E-state index in [0.29, 0.717) is 19.7 Å². The topological polar surface area (TPSA) is 63.3 Å². The summed E-state index contributed by atoms with van der Waals surface area (Å²) in [6, 6.07) is 0.0703. The van der Waals surface area contributed by atoms with E-state index >= 15 is 0 Å². The van der Waals surface area contributed by atoms with Gasteiger partial charge in [0.05, 0.1) is 26.4 Å². The highest BCUT2D eigenvalue weighted by Crippen LogP contribution is 2.42. The molecule has 4 aliphatic rings. The minimum Gasteiger partial charge on any atom is -0.381 e. The number of carbonyl (C=O) groups is 1. The maximum Gasteiger partial charge on any atom is 0.317 e. The molecule has 26 heavy (non-hydrogen) atoms.